The highest BCUT2D eigenvalue weighted by Gasteiger charge is 2.14. The molecule has 0 bridgehead atoms. The van der Waals surface area contributed by atoms with Gasteiger partial charge in [0.25, 0.3) is 5.91 Å². The summed E-state index contributed by atoms with van der Waals surface area (Å²) in [6.45, 7) is 4.32. The summed E-state index contributed by atoms with van der Waals surface area (Å²) in [5, 5.41) is 3.21. The summed E-state index contributed by atoms with van der Waals surface area (Å²) < 4.78 is 10.6. The van der Waals surface area contributed by atoms with E-state index in [0.29, 0.717) is 17.5 Å². The Bertz CT molecular complexity index is 1050. The van der Waals surface area contributed by atoms with Gasteiger partial charge in [0.05, 0.1) is 5.56 Å². The van der Waals surface area contributed by atoms with Crippen molar-refractivity contribution in [1.82, 2.24) is 5.32 Å². The summed E-state index contributed by atoms with van der Waals surface area (Å²) in [7, 11) is 0. The molecule has 0 atom stereocenters. The number of hydrogen-bond acceptors (Lipinski definition) is 5. The lowest BCUT2D eigenvalue weighted by molar-refractivity contribution is 0.0734. The molecule has 0 spiro atoms. The number of esters is 1. The quantitative estimate of drug-likeness (QED) is 0.425. The Labute approximate surface area is 155 Å². The topological polar surface area (TPSA) is 85.6 Å². The first kappa shape index (κ1) is 18.4. The molecule has 0 radical (unpaired) electrons. The van der Waals surface area contributed by atoms with Crippen molar-refractivity contribution in [1.29, 1.82) is 0 Å². The molecule has 1 aromatic heterocycles. The van der Waals surface area contributed by atoms with Crippen LogP contribution in [-0.2, 0) is 0 Å². The van der Waals surface area contributed by atoms with Gasteiger partial charge in [-0.25, -0.2) is 9.59 Å². The Morgan fingerprint density at radius 3 is 2.52 bits per heavy atom. The number of rotatable bonds is 5. The number of hydrogen-bond donors (Lipinski definition) is 1. The van der Waals surface area contributed by atoms with Crippen molar-refractivity contribution in [2.45, 2.75) is 20.3 Å². The molecule has 0 aliphatic rings. The number of carbonyl (C=O) groups excluding carboxylic acids is 2. The van der Waals surface area contributed by atoms with Gasteiger partial charge in [0, 0.05) is 18.0 Å². The first-order chi connectivity index (χ1) is 13.0. The van der Waals surface area contributed by atoms with Crippen molar-refractivity contribution in [2.75, 3.05) is 6.54 Å². The summed E-state index contributed by atoms with van der Waals surface area (Å²) in [6.07, 6.45) is 0.764. The number of benzene rings is 2. The van der Waals surface area contributed by atoms with E-state index in [1.807, 2.05) is 26.0 Å². The number of fused-ring (bicyclic) bond motifs is 1. The van der Waals surface area contributed by atoms with Crippen LogP contribution in [0.5, 0.6) is 5.75 Å². The van der Waals surface area contributed by atoms with Gasteiger partial charge in [-0.2, -0.15) is 0 Å². The van der Waals surface area contributed by atoms with Crippen LogP contribution in [0.15, 0.2) is 57.7 Å². The SMILES string of the molecule is CCCNC(=O)c1cc2ccc(OC(=O)c3ccc(C)cc3)cc2oc1=O. The second-order valence-electron chi connectivity index (χ2n) is 6.16. The fourth-order valence-corrected chi connectivity index (χ4v) is 2.50. The lowest BCUT2D eigenvalue weighted by Crippen LogP contribution is -2.28. The first-order valence-corrected chi connectivity index (χ1v) is 8.63. The highest BCUT2D eigenvalue weighted by molar-refractivity contribution is 5.97. The third-order valence-electron chi connectivity index (χ3n) is 3.99. The summed E-state index contributed by atoms with van der Waals surface area (Å²) in [5.41, 5.74) is 0.905. The van der Waals surface area contributed by atoms with Crippen molar-refractivity contribution in [3.63, 3.8) is 0 Å². The van der Waals surface area contributed by atoms with Crippen molar-refractivity contribution >= 4 is 22.8 Å². The van der Waals surface area contributed by atoms with Crippen LogP contribution < -0.4 is 15.7 Å². The molecule has 27 heavy (non-hydrogen) atoms. The summed E-state index contributed by atoms with van der Waals surface area (Å²) in [4.78, 5) is 36.3. The summed E-state index contributed by atoms with van der Waals surface area (Å²) >= 11 is 0. The molecule has 1 heterocycles. The zero-order chi connectivity index (χ0) is 19.4. The van der Waals surface area contributed by atoms with E-state index in [9.17, 15) is 14.4 Å². The molecule has 138 valence electrons. The molecule has 0 saturated heterocycles. The minimum Gasteiger partial charge on any atom is -0.423 e. The van der Waals surface area contributed by atoms with E-state index >= 15 is 0 Å². The largest absolute Gasteiger partial charge is 0.423 e. The molecule has 0 aliphatic carbocycles. The number of nitrogens with one attached hydrogen (secondary N) is 1. The van der Waals surface area contributed by atoms with Gasteiger partial charge in [0.2, 0.25) is 0 Å². The van der Waals surface area contributed by atoms with Crippen LogP contribution >= 0.6 is 0 Å². The van der Waals surface area contributed by atoms with Crippen molar-refractivity contribution in [3.8, 4) is 5.75 Å². The molecular formula is C21H19NO5. The number of amides is 1. The second kappa shape index (κ2) is 7.86. The average molecular weight is 365 g/mol. The standard InChI is InChI=1S/C21H19NO5/c1-3-10-22-19(23)17-11-15-8-9-16(12-18(15)27-21(17)25)26-20(24)14-6-4-13(2)5-7-14/h4-9,11-12H,3,10H2,1-2H3,(H,22,23). The van der Waals surface area contributed by atoms with Crippen LogP contribution in [0.1, 0.15) is 39.6 Å². The van der Waals surface area contributed by atoms with Gasteiger partial charge in [-0.15, -0.1) is 0 Å². The first-order valence-electron chi connectivity index (χ1n) is 8.63. The lowest BCUT2D eigenvalue weighted by atomic mass is 10.1. The van der Waals surface area contributed by atoms with Gasteiger partial charge in [-0.05, 0) is 43.7 Å². The van der Waals surface area contributed by atoms with E-state index in [2.05, 4.69) is 5.32 Å². The van der Waals surface area contributed by atoms with E-state index in [-0.39, 0.29) is 16.9 Å². The van der Waals surface area contributed by atoms with Crippen LogP contribution in [-0.4, -0.2) is 18.4 Å². The molecule has 0 saturated carbocycles. The van der Waals surface area contributed by atoms with Gasteiger partial charge in [0.1, 0.15) is 16.9 Å². The maximum absolute atomic E-state index is 12.2. The zero-order valence-electron chi connectivity index (χ0n) is 15.1. The molecule has 0 aliphatic heterocycles. The van der Waals surface area contributed by atoms with Crippen molar-refractivity contribution in [3.05, 3.63) is 75.6 Å². The van der Waals surface area contributed by atoms with Crippen LogP contribution in [0.3, 0.4) is 0 Å². The summed E-state index contributed by atoms with van der Waals surface area (Å²) in [6, 6.07) is 13.1. The highest BCUT2D eigenvalue weighted by atomic mass is 16.5. The van der Waals surface area contributed by atoms with Crippen LogP contribution in [0.4, 0.5) is 0 Å². The maximum Gasteiger partial charge on any atom is 0.349 e. The number of ether oxygens (including phenoxy) is 1. The van der Waals surface area contributed by atoms with E-state index < -0.39 is 17.5 Å². The van der Waals surface area contributed by atoms with Gasteiger partial charge in [-0.1, -0.05) is 24.6 Å². The van der Waals surface area contributed by atoms with Gasteiger partial charge < -0.3 is 14.5 Å². The molecule has 6 nitrogen and oxygen atoms in total. The fraction of sp³-hybridized carbons (Fsp3) is 0.190. The number of aryl methyl sites for hydroxylation is 1. The fourth-order valence-electron chi connectivity index (χ4n) is 2.50. The summed E-state index contributed by atoms with van der Waals surface area (Å²) in [5.74, 6) is -0.728. The molecule has 6 heteroatoms. The highest BCUT2D eigenvalue weighted by Crippen LogP contribution is 2.21. The van der Waals surface area contributed by atoms with Crippen LogP contribution in [0.2, 0.25) is 0 Å². The van der Waals surface area contributed by atoms with Gasteiger partial charge in [0.15, 0.2) is 0 Å². The van der Waals surface area contributed by atoms with Gasteiger partial charge in [-0.3, -0.25) is 4.79 Å². The molecule has 2 aromatic carbocycles. The predicted molar refractivity (Wildman–Crippen MR) is 101 cm³/mol. The van der Waals surface area contributed by atoms with E-state index in [1.165, 1.54) is 12.1 Å². The third-order valence-corrected chi connectivity index (χ3v) is 3.99. The molecule has 0 fully saturated rings. The molecule has 1 N–H and O–H groups in total. The Hall–Kier alpha value is -3.41. The molecule has 1 amide bonds. The lowest BCUT2D eigenvalue weighted by Gasteiger charge is -2.07. The van der Waals surface area contributed by atoms with Crippen LogP contribution in [0, 0.1) is 6.92 Å². The molecular weight excluding hydrogens is 346 g/mol. The number of carbonyl (C=O) groups is 2. The van der Waals surface area contributed by atoms with E-state index in [0.717, 1.165) is 12.0 Å². The normalized spacial score (nSPS) is 10.6. The molecule has 3 rings (SSSR count). The third kappa shape index (κ3) is 4.23. The van der Waals surface area contributed by atoms with Gasteiger partial charge >= 0.3 is 11.6 Å². The Balaban J connectivity index is 1.85. The molecule has 3 aromatic rings. The minimum atomic E-state index is -0.738. The Morgan fingerprint density at radius 1 is 1.07 bits per heavy atom. The second-order valence-corrected chi connectivity index (χ2v) is 6.16. The maximum atomic E-state index is 12.2. The smallest absolute Gasteiger partial charge is 0.349 e. The zero-order valence-corrected chi connectivity index (χ0v) is 15.1. The van der Waals surface area contributed by atoms with Crippen LogP contribution in [0.25, 0.3) is 11.0 Å². The predicted octanol–water partition coefficient (Wildman–Crippen LogP) is 3.46. The van der Waals surface area contributed by atoms with Crippen molar-refractivity contribution < 1.29 is 18.7 Å². The minimum absolute atomic E-state index is 0.0552. The Kier molecular flexibility index (Phi) is 5.35. The average Bonchev–Trinajstić information content (AvgIpc) is 2.66. The monoisotopic (exact) mass is 365 g/mol. The molecule has 0 unspecified atom stereocenters. The van der Waals surface area contributed by atoms with Crippen molar-refractivity contribution in [2.24, 2.45) is 0 Å². The Morgan fingerprint density at radius 2 is 1.81 bits per heavy atom. The van der Waals surface area contributed by atoms with E-state index in [1.54, 1.807) is 24.3 Å². The van der Waals surface area contributed by atoms with E-state index in [4.69, 9.17) is 9.15 Å².